The fourth-order valence-corrected chi connectivity index (χ4v) is 7.32. The molecule has 0 radical (unpaired) electrons. The van der Waals surface area contributed by atoms with Gasteiger partial charge in [0.15, 0.2) is 0 Å². The third-order valence-corrected chi connectivity index (χ3v) is 9.26. The molecular weight excluding hydrogens is 527 g/mol. The Balaban J connectivity index is 1.39. The first-order valence-corrected chi connectivity index (χ1v) is 15.1. The Morgan fingerprint density at radius 1 is 0.405 bits per heavy atom. The first-order chi connectivity index (χ1) is 20.8. The van der Waals surface area contributed by atoms with E-state index in [9.17, 15) is 0 Å². The predicted molar refractivity (Wildman–Crippen MR) is 182 cm³/mol. The molecule has 2 heteroatoms. The zero-order valence-corrected chi connectivity index (χ0v) is 23.8. The number of thiophene rings is 1. The fraction of sp³-hybridized carbons (Fsp3) is 0. The summed E-state index contributed by atoms with van der Waals surface area (Å²) in [6.45, 7) is 0. The molecule has 0 saturated heterocycles. The standard InChI is InChI=1S/C40H27NS/c1-3-12-28(13-4-1)29-22-25-32(26-23-29)41(36-20-10-9-17-33(36)30-14-5-2-6-15-30)37-21-11-19-35-39-34-18-8-7-16-31(34)24-27-38(39)42-40(35)37/h1-27H. The number of hydrogen-bond acceptors (Lipinski definition) is 2. The van der Waals surface area contributed by atoms with Crippen molar-refractivity contribution in [2.75, 3.05) is 4.90 Å². The van der Waals surface area contributed by atoms with E-state index in [1.54, 1.807) is 0 Å². The lowest BCUT2D eigenvalue weighted by molar-refractivity contribution is 1.30. The van der Waals surface area contributed by atoms with E-state index in [0.29, 0.717) is 0 Å². The summed E-state index contributed by atoms with van der Waals surface area (Å²) in [5, 5.41) is 5.22. The van der Waals surface area contributed by atoms with Gasteiger partial charge in [-0.2, -0.15) is 0 Å². The second-order valence-corrected chi connectivity index (χ2v) is 11.6. The van der Waals surface area contributed by atoms with Gasteiger partial charge in [-0.05, 0) is 57.8 Å². The van der Waals surface area contributed by atoms with Crippen molar-refractivity contribution in [1.82, 2.24) is 0 Å². The van der Waals surface area contributed by atoms with Gasteiger partial charge in [0.05, 0.1) is 16.1 Å². The molecule has 42 heavy (non-hydrogen) atoms. The van der Waals surface area contributed by atoms with Crippen LogP contribution >= 0.6 is 11.3 Å². The summed E-state index contributed by atoms with van der Waals surface area (Å²) in [5.74, 6) is 0. The molecule has 0 aliphatic heterocycles. The van der Waals surface area contributed by atoms with E-state index >= 15 is 0 Å². The average Bonchev–Trinajstić information content (AvgIpc) is 3.46. The Morgan fingerprint density at radius 2 is 1.02 bits per heavy atom. The summed E-state index contributed by atoms with van der Waals surface area (Å²) in [4.78, 5) is 2.44. The van der Waals surface area contributed by atoms with Gasteiger partial charge in [0.25, 0.3) is 0 Å². The molecule has 0 fully saturated rings. The molecule has 0 saturated carbocycles. The molecule has 198 valence electrons. The van der Waals surface area contributed by atoms with Crippen LogP contribution < -0.4 is 4.90 Å². The molecule has 0 bridgehead atoms. The van der Waals surface area contributed by atoms with Gasteiger partial charge in [0, 0.05) is 26.7 Å². The first-order valence-electron chi connectivity index (χ1n) is 14.3. The van der Waals surface area contributed by atoms with Gasteiger partial charge >= 0.3 is 0 Å². The van der Waals surface area contributed by atoms with Crippen LogP contribution in [0.4, 0.5) is 17.1 Å². The first kappa shape index (κ1) is 24.6. The Kier molecular flexibility index (Phi) is 6.05. The third-order valence-electron chi connectivity index (χ3n) is 8.07. The van der Waals surface area contributed by atoms with Crippen LogP contribution in [0.5, 0.6) is 0 Å². The molecule has 0 amide bonds. The van der Waals surface area contributed by atoms with Gasteiger partial charge in [-0.25, -0.2) is 0 Å². The average molecular weight is 554 g/mol. The van der Waals surface area contributed by atoms with Crippen molar-refractivity contribution in [3.63, 3.8) is 0 Å². The fourth-order valence-electron chi connectivity index (χ4n) is 6.10. The molecular formula is C40H27NS. The largest absolute Gasteiger partial charge is 0.308 e. The van der Waals surface area contributed by atoms with Crippen LogP contribution in [0.2, 0.25) is 0 Å². The van der Waals surface area contributed by atoms with Gasteiger partial charge in [0.2, 0.25) is 0 Å². The van der Waals surface area contributed by atoms with E-state index in [0.717, 1.165) is 11.4 Å². The SMILES string of the molecule is c1ccc(-c2ccc(N(c3ccccc3-c3ccccc3)c3cccc4c3sc3ccc5ccccc5c34)cc2)cc1. The molecule has 0 unspecified atom stereocenters. The lowest BCUT2D eigenvalue weighted by Crippen LogP contribution is -2.11. The van der Waals surface area contributed by atoms with Crippen molar-refractivity contribution in [2.24, 2.45) is 0 Å². The van der Waals surface area contributed by atoms with Gasteiger partial charge in [-0.3, -0.25) is 0 Å². The molecule has 1 nitrogen and oxygen atoms in total. The number of fused-ring (bicyclic) bond motifs is 5. The number of para-hydroxylation sites is 1. The van der Waals surface area contributed by atoms with E-state index in [2.05, 4.69) is 169 Å². The summed E-state index contributed by atoms with van der Waals surface area (Å²) >= 11 is 1.88. The minimum atomic E-state index is 1.13. The second kappa shape index (κ2) is 10.3. The van der Waals surface area contributed by atoms with Crippen LogP contribution in [0.25, 0.3) is 53.2 Å². The van der Waals surface area contributed by atoms with Crippen molar-refractivity contribution < 1.29 is 0 Å². The smallest absolute Gasteiger partial charge is 0.0640 e. The van der Waals surface area contributed by atoms with Gasteiger partial charge in [-0.15, -0.1) is 11.3 Å². The van der Waals surface area contributed by atoms with Crippen molar-refractivity contribution in [1.29, 1.82) is 0 Å². The summed E-state index contributed by atoms with van der Waals surface area (Å²) in [6.07, 6.45) is 0. The highest BCUT2D eigenvalue weighted by molar-refractivity contribution is 7.26. The molecule has 0 atom stereocenters. The molecule has 0 N–H and O–H groups in total. The highest BCUT2D eigenvalue weighted by atomic mass is 32.1. The third kappa shape index (κ3) is 4.16. The van der Waals surface area contributed by atoms with Crippen molar-refractivity contribution in [3.8, 4) is 22.3 Å². The van der Waals surface area contributed by atoms with E-state index in [1.807, 2.05) is 11.3 Å². The van der Waals surface area contributed by atoms with Crippen LogP contribution in [0.3, 0.4) is 0 Å². The van der Waals surface area contributed by atoms with E-state index < -0.39 is 0 Å². The van der Waals surface area contributed by atoms with E-state index in [1.165, 1.54) is 58.9 Å². The van der Waals surface area contributed by atoms with E-state index in [-0.39, 0.29) is 0 Å². The second-order valence-electron chi connectivity index (χ2n) is 10.5. The number of hydrogen-bond donors (Lipinski definition) is 0. The zero-order chi connectivity index (χ0) is 27.9. The highest BCUT2D eigenvalue weighted by Gasteiger charge is 2.21. The molecule has 8 aromatic rings. The minimum absolute atomic E-state index is 1.13. The molecule has 0 aliphatic rings. The van der Waals surface area contributed by atoms with Crippen molar-refractivity contribution >= 4 is 59.3 Å². The minimum Gasteiger partial charge on any atom is -0.308 e. The maximum atomic E-state index is 2.44. The number of benzene rings is 7. The summed E-state index contributed by atoms with van der Waals surface area (Å²) in [6, 6.07) is 59.0. The van der Waals surface area contributed by atoms with Crippen LogP contribution in [0, 0.1) is 0 Å². The molecule has 8 rings (SSSR count). The Labute approximate surface area is 249 Å². The maximum absolute atomic E-state index is 2.44. The van der Waals surface area contributed by atoms with Crippen LogP contribution in [-0.4, -0.2) is 0 Å². The molecule has 0 aliphatic carbocycles. The topological polar surface area (TPSA) is 3.24 Å². The number of anilines is 3. The Morgan fingerprint density at radius 3 is 1.83 bits per heavy atom. The monoisotopic (exact) mass is 553 g/mol. The molecule has 1 aromatic heterocycles. The van der Waals surface area contributed by atoms with Gasteiger partial charge in [0.1, 0.15) is 0 Å². The highest BCUT2D eigenvalue weighted by Crippen LogP contribution is 2.48. The number of rotatable bonds is 5. The van der Waals surface area contributed by atoms with Crippen LogP contribution in [-0.2, 0) is 0 Å². The Hall–Kier alpha value is -5.18. The van der Waals surface area contributed by atoms with Gasteiger partial charge in [-0.1, -0.05) is 133 Å². The van der Waals surface area contributed by atoms with E-state index in [4.69, 9.17) is 0 Å². The summed E-state index contributed by atoms with van der Waals surface area (Å²) in [5.41, 5.74) is 8.32. The molecule has 1 heterocycles. The molecule has 7 aromatic carbocycles. The maximum Gasteiger partial charge on any atom is 0.0640 e. The lowest BCUT2D eigenvalue weighted by atomic mass is 10.0. The quantitative estimate of drug-likeness (QED) is 0.205. The summed E-state index contributed by atoms with van der Waals surface area (Å²) < 4.78 is 2.60. The van der Waals surface area contributed by atoms with Crippen LogP contribution in [0.1, 0.15) is 0 Å². The zero-order valence-electron chi connectivity index (χ0n) is 22.9. The predicted octanol–water partition coefficient (Wildman–Crippen LogP) is 12.0. The van der Waals surface area contributed by atoms with Crippen molar-refractivity contribution in [3.05, 3.63) is 164 Å². The lowest BCUT2D eigenvalue weighted by Gasteiger charge is -2.28. The van der Waals surface area contributed by atoms with Gasteiger partial charge < -0.3 is 4.90 Å². The van der Waals surface area contributed by atoms with Crippen LogP contribution in [0.15, 0.2) is 164 Å². The summed E-state index contributed by atoms with van der Waals surface area (Å²) in [7, 11) is 0. The Bertz CT molecular complexity index is 2180. The van der Waals surface area contributed by atoms with Crippen molar-refractivity contribution in [2.45, 2.75) is 0 Å². The normalized spacial score (nSPS) is 11.3. The molecule has 0 spiro atoms. The number of nitrogens with zero attached hydrogens (tertiary/aromatic N) is 1.